The Morgan fingerprint density at radius 3 is 2.60 bits per heavy atom. The van der Waals surface area contributed by atoms with Crippen molar-refractivity contribution >= 4 is 11.7 Å². The lowest BCUT2D eigenvalue weighted by Gasteiger charge is -2.16. The smallest absolute Gasteiger partial charge is 0.319 e. The first-order valence-electron chi connectivity index (χ1n) is 7.25. The average molecular weight is 344 g/mol. The maximum Gasteiger partial charge on any atom is 0.319 e. The molecule has 3 N–H and O–H groups in total. The van der Waals surface area contributed by atoms with Crippen molar-refractivity contribution in [2.24, 2.45) is 5.73 Å². The highest BCUT2D eigenvalue weighted by Crippen LogP contribution is 2.33. The monoisotopic (exact) mass is 344 g/mol. The van der Waals surface area contributed by atoms with Crippen LogP contribution in [-0.2, 0) is 0 Å². The number of anilines is 1. The van der Waals surface area contributed by atoms with E-state index in [-0.39, 0.29) is 17.3 Å². The highest BCUT2D eigenvalue weighted by atomic mass is 19.1. The Hall–Kier alpha value is -3.42. The number of ether oxygens (including phenoxy) is 1. The van der Waals surface area contributed by atoms with E-state index in [0.717, 1.165) is 4.90 Å². The van der Waals surface area contributed by atoms with Crippen LogP contribution in [0.3, 0.4) is 0 Å². The summed E-state index contributed by atoms with van der Waals surface area (Å²) >= 11 is 0. The van der Waals surface area contributed by atoms with E-state index >= 15 is 0 Å². The predicted octanol–water partition coefficient (Wildman–Crippen LogP) is 3.66. The number of urea groups is 1. The van der Waals surface area contributed by atoms with Crippen LogP contribution in [0.15, 0.2) is 48.7 Å². The first kappa shape index (κ1) is 16.4. The fourth-order valence-electron chi connectivity index (χ4n) is 2.23. The van der Waals surface area contributed by atoms with Crippen LogP contribution >= 0.6 is 0 Å². The molecule has 0 saturated heterocycles. The minimum absolute atomic E-state index is 0.0168. The van der Waals surface area contributed by atoms with Crippen molar-refractivity contribution in [3.63, 3.8) is 0 Å². The van der Waals surface area contributed by atoms with E-state index in [1.165, 1.54) is 43.6 Å². The number of carbonyl (C=O) groups is 1. The number of halogens is 2. The number of hydrogen-bond acceptors (Lipinski definition) is 3. The van der Waals surface area contributed by atoms with Crippen LogP contribution in [0.1, 0.15) is 0 Å². The van der Waals surface area contributed by atoms with Crippen LogP contribution in [0, 0.1) is 11.6 Å². The maximum absolute atomic E-state index is 13.9. The van der Waals surface area contributed by atoms with E-state index in [4.69, 9.17) is 10.5 Å². The summed E-state index contributed by atoms with van der Waals surface area (Å²) < 4.78 is 32.7. The third kappa shape index (κ3) is 3.42. The molecule has 0 aliphatic carbocycles. The number of primary amides is 1. The summed E-state index contributed by atoms with van der Waals surface area (Å²) in [5.74, 6) is -0.317. The highest BCUT2D eigenvalue weighted by Gasteiger charge is 2.15. The number of amides is 2. The van der Waals surface area contributed by atoms with Gasteiger partial charge in [0.2, 0.25) is 0 Å². The molecule has 6 nitrogen and oxygen atoms in total. The SMILES string of the molecule is CN(C(N)=O)c1cc(Oc2cn[nH]c2-c2ccc(F)cc2)ccc1F. The normalized spacial score (nSPS) is 10.5. The number of nitrogens with one attached hydrogen (secondary N) is 1. The first-order valence-corrected chi connectivity index (χ1v) is 7.25. The lowest BCUT2D eigenvalue weighted by atomic mass is 10.1. The number of nitrogens with zero attached hydrogens (tertiary/aromatic N) is 2. The standard InChI is InChI=1S/C17H14F2N4O2/c1-23(17(20)24)14-8-12(6-7-13(14)19)25-15-9-21-22-16(15)10-2-4-11(18)5-3-10/h2-9H,1H3,(H2,20,24)(H,21,22). The zero-order valence-electron chi connectivity index (χ0n) is 13.2. The third-order valence-corrected chi connectivity index (χ3v) is 3.57. The summed E-state index contributed by atoms with van der Waals surface area (Å²) in [7, 11) is 1.35. The zero-order chi connectivity index (χ0) is 18.0. The molecule has 0 fully saturated rings. The molecule has 0 bridgehead atoms. The fraction of sp³-hybridized carbons (Fsp3) is 0.0588. The summed E-state index contributed by atoms with van der Waals surface area (Å²) in [6, 6.07) is 8.92. The van der Waals surface area contributed by atoms with Gasteiger partial charge >= 0.3 is 6.03 Å². The molecule has 0 spiro atoms. The number of aromatic nitrogens is 2. The molecule has 3 aromatic rings. The molecule has 1 aromatic heterocycles. The van der Waals surface area contributed by atoms with E-state index in [9.17, 15) is 13.6 Å². The second-order valence-electron chi connectivity index (χ2n) is 5.23. The number of hydrogen-bond donors (Lipinski definition) is 2. The Morgan fingerprint density at radius 2 is 1.92 bits per heavy atom. The molecule has 0 radical (unpaired) electrons. The van der Waals surface area contributed by atoms with E-state index < -0.39 is 11.8 Å². The van der Waals surface area contributed by atoms with Crippen molar-refractivity contribution in [1.82, 2.24) is 10.2 Å². The van der Waals surface area contributed by atoms with Crippen LogP contribution in [-0.4, -0.2) is 23.3 Å². The zero-order valence-corrected chi connectivity index (χ0v) is 13.2. The second-order valence-corrected chi connectivity index (χ2v) is 5.23. The molecule has 0 saturated carbocycles. The van der Waals surface area contributed by atoms with Crippen molar-refractivity contribution in [2.75, 3.05) is 11.9 Å². The molecule has 128 valence electrons. The van der Waals surface area contributed by atoms with Gasteiger partial charge in [-0.15, -0.1) is 0 Å². The lowest BCUT2D eigenvalue weighted by Crippen LogP contribution is -2.32. The largest absolute Gasteiger partial charge is 0.453 e. The minimum Gasteiger partial charge on any atom is -0.453 e. The second kappa shape index (κ2) is 6.60. The van der Waals surface area contributed by atoms with Gasteiger partial charge < -0.3 is 10.5 Å². The third-order valence-electron chi connectivity index (χ3n) is 3.57. The maximum atomic E-state index is 13.9. The molecule has 25 heavy (non-hydrogen) atoms. The van der Waals surface area contributed by atoms with Crippen LogP contribution in [0.5, 0.6) is 11.5 Å². The number of carbonyl (C=O) groups excluding carboxylic acids is 1. The number of nitrogens with two attached hydrogens (primary N) is 1. The van der Waals surface area contributed by atoms with Gasteiger partial charge in [-0.1, -0.05) is 0 Å². The van der Waals surface area contributed by atoms with Crippen molar-refractivity contribution in [3.05, 3.63) is 60.3 Å². The Bertz CT molecular complexity index is 909. The Kier molecular flexibility index (Phi) is 4.34. The summed E-state index contributed by atoms with van der Waals surface area (Å²) in [4.78, 5) is 12.2. The van der Waals surface area contributed by atoms with Crippen molar-refractivity contribution in [2.45, 2.75) is 0 Å². The Morgan fingerprint density at radius 1 is 1.20 bits per heavy atom. The van der Waals surface area contributed by atoms with Gasteiger partial charge in [-0.2, -0.15) is 5.10 Å². The van der Waals surface area contributed by atoms with Crippen LogP contribution in [0.2, 0.25) is 0 Å². The summed E-state index contributed by atoms with van der Waals surface area (Å²) in [5.41, 5.74) is 6.36. The predicted molar refractivity (Wildman–Crippen MR) is 88.4 cm³/mol. The fourth-order valence-corrected chi connectivity index (χ4v) is 2.23. The van der Waals surface area contributed by atoms with E-state index in [1.54, 1.807) is 12.1 Å². The van der Waals surface area contributed by atoms with Crippen LogP contribution < -0.4 is 15.4 Å². The molecular formula is C17H14F2N4O2. The minimum atomic E-state index is -0.800. The topological polar surface area (TPSA) is 84.2 Å². The highest BCUT2D eigenvalue weighted by molar-refractivity contribution is 5.90. The van der Waals surface area contributed by atoms with Gasteiger partial charge in [0.15, 0.2) is 5.75 Å². The molecule has 0 aliphatic heterocycles. The van der Waals surface area contributed by atoms with Gasteiger partial charge in [-0.05, 0) is 36.4 Å². The number of benzene rings is 2. The molecule has 2 amide bonds. The molecule has 0 unspecified atom stereocenters. The number of rotatable bonds is 4. The molecule has 2 aromatic carbocycles. The lowest BCUT2D eigenvalue weighted by molar-refractivity contribution is 0.255. The number of aromatic amines is 1. The van der Waals surface area contributed by atoms with Crippen LogP contribution in [0.25, 0.3) is 11.3 Å². The van der Waals surface area contributed by atoms with Gasteiger partial charge in [0.05, 0.1) is 11.9 Å². The van der Waals surface area contributed by atoms with Gasteiger partial charge in [0, 0.05) is 18.7 Å². The Labute approximate surface area is 141 Å². The van der Waals surface area contributed by atoms with Crippen molar-refractivity contribution < 1.29 is 18.3 Å². The average Bonchev–Trinajstić information content (AvgIpc) is 3.04. The molecular weight excluding hydrogens is 330 g/mol. The molecule has 1 heterocycles. The van der Waals surface area contributed by atoms with E-state index in [2.05, 4.69) is 10.2 Å². The first-order chi connectivity index (χ1) is 12.0. The van der Waals surface area contributed by atoms with Gasteiger partial charge in [0.1, 0.15) is 23.1 Å². The van der Waals surface area contributed by atoms with Crippen molar-refractivity contribution in [3.8, 4) is 22.8 Å². The van der Waals surface area contributed by atoms with Gasteiger partial charge in [0.25, 0.3) is 0 Å². The summed E-state index contributed by atoms with van der Waals surface area (Å²) in [6.07, 6.45) is 1.44. The molecule has 0 aliphatic rings. The number of H-pyrrole nitrogens is 1. The van der Waals surface area contributed by atoms with E-state index in [1.807, 2.05) is 0 Å². The molecule has 8 heteroatoms. The summed E-state index contributed by atoms with van der Waals surface area (Å²) in [6.45, 7) is 0. The van der Waals surface area contributed by atoms with Gasteiger partial charge in [-0.25, -0.2) is 13.6 Å². The van der Waals surface area contributed by atoms with E-state index in [0.29, 0.717) is 17.0 Å². The van der Waals surface area contributed by atoms with Crippen LogP contribution in [0.4, 0.5) is 19.3 Å². The molecule has 3 rings (SSSR count). The Balaban J connectivity index is 1.91. The summed E-state index contributed by atoms with van der Waals surface area (Å²) in [5, 5.41) is 6.69. The van der Waals surface area contributed by atoms with Crippen molar-refractivity contribution in [1.29, 1.82) is 0 Å². The van der Waals surface area contributed by atoms with Gasteiger partial charge in [-0.3, -0.25) is 10.00 Å². The molecule has 0 atom stereocenters. The quantitative estimate of drug-likeness (QED) is 0.757.